The molecular weight excluding hydrogens is 420 g/mol. The minimum absolute atomic E-state index is 0.0167. The normalized spacial score (nSPS) is 11.8. The first-order valence-electron chi connectivity index (χ1n) is 10.5. The number of rotatable bonds is 6. The van der Waals surface area contributed by atoms with E-state index in [9.17, 15) is 14.4 Å². The Balaban J connectivity index is 1.47. The van der Waals surface area contributed by atoms with Crippen molar-refractivity contribution in [2.45, 2.75) is 26.4 Å². The number of aromatic nitrogens is 3. The summed E-state index contributed by atoms with van der Waals surface area (Å²) in [6, 6.07) is 18.4. The van der Waals surface area contributed by atoms with Gasteiger partial charge in [0.15, 0.2) is 6.10 Å². The molecule has 4 rings (SSSR count). The van der Waals surface area contributed by atoms with Crippen LogP contribution in [-0.4, -0.2) is 32.3 Å². The first-order valence-corrected chi connectivity index (χ1v) is 10.5. The number of ether oxygens (including phenoxy) is 1. The van der Waals surface area contributed by atoms with E-state index in [0.717, 1.165) is 16.5 Å². The summed E-state index contributed by atoms with van der Waals surface area (Å²) in [5, 5.41) is 3.54. The fourth-order valence-electron chi connectivity index (χ4n) is 3.70. The fraction of sp³-hybridized carbons (Fsp3) is 0.200. The number of para-hydroxylation sites is 2. The van der Waals surface area contributed by atoms with Crippen molar-refractivity contribution in [3.8, 4) is 5.69 Å². The lowest BCUT2D eigenvalue weighted by molar-refractivity contribution is -0.152. The van der Waals surface area contributed by atoms with E-state index in [4.69, 9.17) is 4.74 Å². The highest BCUT2D eigenvalue weighted by Gasteiger charge is 2.23. The Kier molecular flexibility index (Phi) is 6.08. The van der Waals surface area contributed by atoms with Crippen molar-refractivity contribution in [2.75, 3.05) is 5.32 Å². The quantitative estimate of drug-likeness (QED) is 0.461. The number of pyridine rings is 1. The number of fused-ring (bicyclic) bond motifs is 1. The van der Waals surface area contributed by atoms with Crippen LogP contribution in [0.1, 0.15) is 18.2 Å². The Morgan fingerprint density at radius 3 is 2.55 bits per heavy atom. The van der Waals surface area contributed by atoms with Gasteiger partial charge in [0.25, 0.3) is 11.5 Å². The molecule has 2 aromatic carbocycles. The number of nitrogens with one attached hydrogen (secondary N) is 1. The number of hydrogen-bond acceptors (Lipinski definition) is 5. The van der Waals surface area contributed by atoms with Gasteiger partial charge >= 0.3 is 5.97 Å². The van der Waals surface area contributed by atoms with Gasteiger partial charge < -0.3 is 10.1 Å². The number of anilines is 1. The van der Waals surface area contributed by atoms with Gasteiger partial charge in [-0.05, 0) is 37.6 Å². The third kappa shape index (κ3) is 4.41. The van der Waals surface area contributed by atoms with Crippen molar-refractivity contribution in [2.24, 2.45) is 7.05 Å². The molecule has 2 aromatic heterocycles. The minimum Gasteiger partial charge on any atom is -0.452 e. The molecule has 33 heavy (non-hydrogen) atoms. The van der Waals surface area contributed by atoms with Crippen molar-refractivity contribution < 1.29 is 14.3 Å². The molecule has 0 saturated carbocycles. The molecular formula is C25H24N4O4. The molecule has 0 aliphatic carbocycles. The van der Waals surface area contributed by atoms with E-state index in [1.807, 2.05) is 42.5 Å². The monoisotopic (exact) mass is 444 g/mol. The number of esters is 1. The molecule has 0 aliphatic rings. The van der Waals surface area contributed by atoms with E-state index in [1.165, 1.54) is 11.6 Å². The number of hydrogen-bond donors (Lipinski definition) is 1. The van der Waals surface area contributed by atoms with Gasteiger partial charge in [-0.3, -0.25) is 24.0 Å². The Hall–Kier alpha value is -4.20. The lowest BCUT2D eigenvalue weighted by atomic mass is 10.1. The topological polar surface area (TPSA) is 95.2 Å². The third-order valence-electron chi connectivity index (χ3n) is 5.53. The SMILES string of the molecule is Cc1c(NC(=O)C(C)OC(=O)Cc2cccc3cccnc23)c(=O)n(-c2ccccc2)n1C. The Morgan fingerprint density at radius 1 is 1.06 bits per heavy atom. The fourth-order valence-corrected chi connectivity index (χ4v) is 3.70. The van der Waals surface area contributed by atoms with Crippen LogP contribution >= 0.6 is 0 Å². The lowest BCUT2D eigenvalue weighted by Gasteiger charge is -2.13. The second-order valence-corrected chi connectivity index (χ2v) is 7.73. The summed E-state index contributed by atoms with van der Waals surface area (Å²) < 4.78 is 8.48. The lowest BCUT2D eigenvalue weighted by Crippen LogP contribution is -2.32. The molecule has 0 radical (unpaired) electrons. The maximum Gasteiger partial charge on any atom is 0.311 e. The van der Waals surface area contributed by atoms with E-state index in [0.29, 0.717) is 11.4 Å². The Labute approximate surface area is 190 Å². The highest BCUT2D eigenvalue weighted by molar-refractivity contribution is 5.95. The van der Waals surface area contributed by atoms with Crippen LogP contribution in [0.4, 0.5) is 5.69 Å². The molecule has 8 nitrogen and oxygen atoms in total. The largest absolute Gasteiger partial charge is 0.452 e. The summed E-state index contributed by atoms with van der Waals surface area (Å²) in [5.41, 5.74) is 2.47. The molecule has 1 N–H and O–H groups in total. The zero-order valence-corrected chi connectivity index (χ0v) is 18.6. The van der Waals surface area contributed by atoms with Gasteiger partial charge in [-0.15, -0.1) is 0 Å². The zero-order valence-electron chi connectivity index (χ0n) is 18.6. The van der Waals surface area contributed by atoms with Crippen LogP contribution in [0.5, 0.6) is 0 Å². The Bertz CT molecular complexity index is 1380. The van der Waals surface area contributed by atoms with Crippen molar-refractivity contribution in [1.29, 1.82) is 0 Å². The van der Waals surface area contributed by atoms with E-state index in [1.54, 1.807) is 43.0 Å². The first kappa shape index (κ1) is 22.0. The average molecular weight is 444 g/mol. The smallest absolute Gasteiger partial charge is 0.311 e. The predicted molar refractivity (Wildman–Crippen MR) is 125 cm³/mol. The summed E-state index contributed by atoms with van der Waals surface area (Å²) >= 11 is 0. The second kappa shape index (κ2) is 9.12. The van der Waals surface area contributed by atoms with Gasteiger partial charge in [-0.2, -0.15) is 0 Å². The van der Waals surface area contributed by atoms with Gasteiger partial charge in [0.1, 0.15) is 5.69 Å². The van der Waals surface area contributed by atoms with Crippen LogP contribution in [0.2, 0.25) is 0 Å². The first-order chi connectivity index (χ1) is 15.9. The number of carbonyl (C=O) groups is 2. The molecule has 1 unspecified atom stereocenters. The van der Waals surface area contributed by atoms with Crippen LogP contribution < -0.4 is 10.9 Å². The maximum atomic E-state index is 13.0. The van der Waals surface area contributed by atoms with Gasteiger partial charge in [0.2, 0.25) is 0 Å². The number of nitrogens with zero attached hydrogens (tertiary/aromatic N) is 3. The van der Waals surface area contributed by atoms with E-state index in [2.05, 4.69) is 10.3 Å². The Morgan fingerprint density at radius 2 is 1.79 bits per heavy atom. The van der Waals surface area contributed by atoms with Crippen LogP contribution in [0.25, 0.3) is 16.6 Å². The van der Waals surface area contributed by atoms with Gasteiger partial charge in [-0.25, -0.2) is 4.68 Å². The molecule has 8 heteroatoms. The highest BCUT2D eigenvalue weighted by Crippen LogP contribution is 2.18. The third-order valence-corrected chi connectivity index (χ3v) is 5.53. The van der Waals surface area contributed by atoms with Crippen molar-refractivity contribution in [1.82, 2.24) is 14.3 Å². The van der Waals surface area contributed by atoms with Crippen LogP contribution in [0.15, 0.2) is 71.7 Å². The molecule has 0 fully saturated rings. The minimum atomic E-state index is -1.08. The van der Waals surface area contributed by atoms with Gasteiger partial charge in [0, 0.05) is 18.6 Å². The molecule has 0 spiro atoms. The molecule has 168 valence electrons. The maximum absolute atomic E-state index is 13.0. The summed E-state index contributed by atoms with van der Waals surface area (Å²) in [5.74, 6) is -1.13. The van der Waals surface area contributed by atoms with Gasteiger partial charge in [-0.1, -0.05) is 42.5 Å². The molecule has 0 bridgehead atoms. The molecule has 1 amide bonds. The van der Waals surface area contributed by atoms with Crippen LogP contribution in [0, 0.1) is 6.92 Å². The van der Waals surface area contributed by atoms with E-state index >= 15 is 0 Å². The summed E-state index contributed by atoms with van der Waals surface area (Å²) in [7, 11) is 1.74. The molecule has 0 saturated heterocycles. The number of carbonyl (C=O) groups excluding carboxylic acids is 2. The van der Waals surface area contributed by atoms with Crippen molar-refractivity contribution in [3.63, 3.8) is 0 Å². The van der Waals surface area contributed by atoms with Crippen LogP contribution in [0.3, 0.4) is 0 Å². The molecule has 4 aromatic rings. The average Bonchev–Trinajstić information content (AvgIpc) is 3.02. The summed E-state index contributed by atoms with van der Waals surface area (Å²) in [4.78, 5) is 42.5. The zero-order chi connectivity index (χ0) is 23.5. The van der Waals surface area contributed by atoms with Crippen molar-refractivity contribution >= 4 is 28.5 Å². The highest BCUT2D eigenvalue weighted by atomic mass is 16.5. The summed E-state index contributed by atoms with van der Waals surface area (Å²) in [6.45, 7) is 3.21. The summed E-state index contributed by atoms with van der Waals surface area (Å²) in [6.07, 6.45) is 0.569. The number of benzene rings is 2. The van der Waals surface area contributed by atoms with E-state index in [-0.39, 0.29) is 17.7 Å². The molecule has 2 heterocycles. The molecule has 0 aliphatic heterocycles. The predicted octanol–water partition coefficient (Wildman–Crippen LogP) is 3.15. The molecule has 1 atom stereocenters. The van der Waals surface area contributed by atoms with E-state index < -0.39 is 18.0 Å². The standard InChI is InChI=1S/C25H24N4O4/c1-16-22(25(32)29(28(16)3)20-12-5-4-6-13-20)27-24(31)17(2)33-21(30)15-19-10-7-9-18-11-8-14-26-23(18)19/h4-14,17H,15H2,1-3H3,(H,27,31). The van der Waals surface area contributed by atoms with Gasteiger partial charge in [0.05, 0.1) is 23.3 Å². The number of amides is 1. The second-order valence-electron chi connectivity index (χ2n) is 7.73. The van der Waals surface area contributed by atoms with Crippen LogP contribution in [-0.2, 0) is 27.8 Å². The van der Waals surface area contributed by atoms with Crippen molar-refractivity contribution in [3.05, 3.63) is 88.5 Å².